The smallest absolute Gasteiger partial charge is 0.329 e. The Morgan fingerprint density at radius 2 is 2.00 bits per heavy atom. The molecular formula is C18H19N3O5S. The van der Waals surface area contributed by atoms with Crippen molar-refractivity contribution in [3.8, 4) is 6.07 Å². The summed E-state index contributed by atoms with van der Waals surface area (Å²) in [6.07, 6.45) is 0.247. The lowest BCUT2D eigenvalue weighted by molar-refractivity contribution is -0.156. The van der Waals surface area contributed by atoms with Crippen LogP contribution >= 0.6 is 11.3 Å². The van der Waals surface area contributed by atoms with Crippen LogP contribution in [0.3, 0.4) is 0 Å². The minimum Gasteiger partial charge on any atom is -0.459 e. The predicted molar refractivity (Wildman–Crippen MR) is 98.0 cm³/mol. The normalized spacial score (nSPS) is 12.7. The number of nitrogens with zero attached hydrogens (tertiary/aromatic N) is 1. The maximum atomic E-state index is 12.4. The molecule has 2 rings (SSSR count). The molecule has 0 aliphatic carbocycles. The molecule has 0 spiro atoms. The van der Waals surface area contributed by atoms with E-state index in [4.69, 9.17) is 14.4 Å². The molecule has 2 atom stereocenters. The Labute approximate surface area is 160 Å². The van der Waals surface area contributed by atoms with Crippen LogP contribution in [0.1, 0.15) is 36.9 Å². The molecule has 142 valence electrons. The molecule has 2 heterocycles. The Balaban J connectivity index is 1.98. The maximum absolute atomic E-state index is 12.4. The summed E-state index contributed by atoms with van der Waals surface area (Å²) in [5.74, 6) is -2.05. The van der Waals surface area contributed by atoms with Crippen LogP contribution in [0.5, 0.6) is 0 Å². The summed E-state index contributed by atoms with van der Waals surface area (Å²) in [5.41, 5.74) is 0.331. The highest BCUT2D eigenvalue weighted by atomic mass is 32.1. The van der Waals surface area contributed by atoms with Gasteiger partial charge in [0.1, 0.15) is 17.1 Å². The molecule has 2 aromatic heterocycles. The number of amides is 2. The molecule has 0 aliphatic heterocycles. The molecule has 0 bridgehead atoms. The Hall–Kier alpha value is -3.12. The summed E-state index contributed by atoms with van der Waals surface area (Å²) in [6, 6.07) is 5.62. The molecule has 9 heteroatoms. The Morgan fingerprint density at radius 3 is 2.59 bits per heavy atom. The number of furan rings is 1. The van der Waals surface area contributed by atoms with Crippen molar-refractivity contribution in [1.29, 1.82) is 5.26 Å². The fraction of sp³-hybridized carbons (Fsp3) is 0.333. The van der Waals surface area contributed by atoms with Crippen molar-refractivity contribution in [1.82, 2.24) is 5.32 Å². The van der Waals surface area contributed by atoms with Crippen LogP contribution in [0.25, 0.3) is 0 Å². The van der Waals surface area contributed by atoms with Crippen LogP contribution in [-0.4, -0.2) is 29.9 Å². The number of hydrogen-bond donors (Lipinski definition) is 2. The molecule has 2 aromatic rings. The number of anilines is 1. The number of rotatable bonds is 7. The lowest BCUT2D eigenvalue weighted by Crippen LogP contribution is -2.47. The Kier molecular flexibility index (Phi) is 6.73. The average Bonchev–Trinajstić information content (AvgIpc) is 3.30. The van der Waals surface area contributed by atoms with Gasteiger partial charge in [-0.05, 0) is 36.4 Å². The molecule has 0 unspecified atom stereocenters. The zero-order valence-corrected chi connectivity index (χ0v) is 15.8. The average molecular weight is 389 g/mol. The van der Waals surface area contributed by atoms with Gasteiger partial charge in [0.2, 0.25) is 0 Å². The van der Waals surface area contributed by atoms with Crippen molar-refractivity contribution in [2.24, 2.45) is 5.92 Å². The quantitative estimate of drug-likeness (QED) is 0.702. The molecule has 27 heavy (non-hydrogen) atoms. The third-order valence-electron chi connectivity index (χ3n) is 3.64. The summed E-state index contributed by atoms with van der Waals surface area (Å²) in [7, 11) is 0. The first-order valence-corrected chi connectivity index (χ1v) is 9.04. The summed E-state index contributed by atoms with van der Waals surface area (Å²) in [4.78, 5) is 36.8. The second kappa shape index (κ2) is 9.00. The number of nitrogens with one attached hydrogen (secondary N) is 2. The first-order chi connectivity index (χ1) is 12.8. The van der Waals surface area contributed by atoms with Gasteiger partial charge < -0.3 is 19.8 Å². The summed E-state index contributed by atoms with van der Waals surface area (Å²) >= 11 is 1.19. The summed E-state index contributed by atoms with van der Waals surface area (Å²) in [5, 5.41) is 16.1. The van der Waals surface area contributed by atoms with E-state index < -0.39 is 29.9 Å². The number of carbonyl (C=O) groups excluding carboxylic acids is 3. The van der Waals surface area contributed by atoms with E-state index in [1.54, 1.807) is 31.4 Å². The largest absolute Gasteiger partial charge is 0.459 e. The van der Waals surface area contributed by atoms with Crippen molar-refractivity contribution in [2.75, 3.05) is 5.32 Å². The van der Waals surface area contributed by atoms with Crippen LogP contribution in [0.15, 0.2) is 34.3 Å². The topological polar surface area (TPSA) is 121 Å². The van der Waals surface area contributed by atoms with E-state index in [1.807, 2.05) is 6.07 Å². The highest BCUT2D eigenvalue weighted by Crippen LogP contribution is 2.22. The fourth-order valence-electron chi connectivity index (χ4n) is 2.13. The second-order valence-corrected chi connectivity index (χ2v) is 6.93. The van der Waals surface area contributed by atoms with E-state index in [-0.39, 0.29) is 11.7 Å². The lowest BCUT2D eigenvalue weighted by Gasteiger charge is -2.22. The van der Waals surface area contributed by atoms with Crippen molar-refractivity contribution in [3.05, 3.63) is 41.2 Å². The van der Waals surface area contributed by atoms with Crippen LogP contribution in [0, 0.1) is 17.2 Å². The van der Waals surface area contributed by atoms with Gasteiger partial charge in [-0.25, -0.2) is 4.79 Å². The molecule has 0 aliphatic rings. The standard InChI is InChI=1S/C18H19N3O5S/c1-10(2)14(20-16(23)13-5-4-7-25-13)18(24)26-11(3)15(22)21-17-12(9-19)6-8-27-17/h4-8,10-11,14H,1-3H3,(H,20,23)(H,21,22)/t11-,14-/m0/s1. The maximum Gasteiger partial charge on any atom is 0.329 e. The minimum absolute atomic E-state index is 0.0703. The van der Waals surface area contributed by atoms with Crippen molar-refractivity contribution >= 4 is 34.1 Å². The summed E-state index contributed by atoms with van der Waals surface area (Å²) in [6.45, 7) is 4.90. The zero-order chi connectivity index (χ0) is 20.0. The van der Waals surface area contributed by atoms with Gasteiger partial charge in [-0.1, -0.05) is 13.8 Å². The van der Waals surface area contributed by atoms with Gasteiger partial charge in [0.05, 0.1) is 11.8 Å². The molecule has 2 amide bonds. The molecular weight excluding hydrogens is 370 g/mol. The molecule has 2 N–H and O–H groups in total. The monoisotopic (exact) mass is 389 g/mol. The number of thiophene rings is 1. The van der Waals surface area contributed by atoms with Gasteiger partial charge in [0.25, 0.3) is 11.8 Å². The SMILES string of the molecule is CC(C)[C@H](NC(=O)c1ccco1)C(=O)O[C@@H](C)C(=O)Nc1sccc1C#N. The van der Waals surface area contributed by atoms with Crippen LogP contribution in [0.2, 0.25) is 0 Å². The van der Waals surface area contributed by atoms with Crippen LogP contribution in [0.4, 0.5) is 5.00 Å². The van der Waals surface area contributed by atoms with E-state index in [2.05, 4.69) is 10.6 Å². The van der Waals surface area contributed by atoms with Gasteiger partial charge in [-0.2, -0.15) is 5.26 Å². The third-order valence-corrected chi connectivity index (χ3v) is 4.47. The number of nitriles is 1. The molecule has 0 saturated carbocycles. The first kappa shape index (κ1) is 20.2. The predicted octanol–water partition coefficient (Wildman–Crippen LogP) is 2.54. The van der Waals surface area contributed by atoms with Crippen LogP contribution < -0.4 is 10.6 Å². The van der Waals surface area contributed by atoms with Gasteiger partial charge in [-0.15, -0.1) is 11.3 Å². The van der Waals surface area contributed by atoms with E-state index in [0.29, 0.717) is 10.6 Å². The third kappa shape index (κ3) is 5.18. The highest BCUT2D eigenvalue weighted by Gasteiger charge is 2.30. The van der Waals surface area contributed by atoms with E-state index in [0.717, 1.165) is 0 Å². The van der Waals surface area contributed by atoms with E-state index in [9.17, 15) is 14.4 Å². The van der Waals surface area contributed by atoms with Gasteiger partial charge in [0.15, 0.2) is 11.9 Å². The second-order valence-electron chi connectivity index (χ2n) is 6.02. The zero-order valence-electron chi connectivity index (χ0n) is 15.0. The number of carbonyl (C=O) groups is 3. The molecule has 8 nitrogen and oxygen atoms in total. The molecule has 0 fully saturated rings. The molecule has 0 aromatic carbocycles. The number of hydrogen-bond acceptors (Lipinski definition) is 7. The Bertz CT molecular complexity index is 851. The summed E-state index contributed by atoms with van der Waals surface area (Å²) < 4.78 is 10.2. The van der Waals surface area contributed by atoms with Gasteiger partial charge in [0, 0.05) is 0 Å². The molecule has 0 saturated heterocycles. The van der Waals surface area contributed by atoms with Crippen molar-refractivity contribution in [3.63, 3.8) is 0 Å². The number of ether oxygens (including phenoxy) is 1. The number of esters is 1. The van der Waals surface area contributed by atoms with E-state index in [1.165, 1.54) is 30.6 Å². The highest BCUT2D eigenvalue weighted by molar-refractivity contribution is 7.14. The molecule has 0 radical (unpaired) electrons. The van der Waals surface area contributed by atoms with Gasteiger partial charge in [-0.3, -0.25) is 9.59 Å². The Morgan fingerprint density at radius 1 is 1.26 bits per heavy atom. The fourth-order valence-corrected chi connectivity index (χ4v) is 2.87. The van der Waals surface area contributed by atoms with E-state index >= 15 is 0 Å². The van der Waals surface area contributed by atoms with Crippen molar-refractivity contribution in [2.45, 2.75) is 32.9 Å². The minimum atomic E-state index is -1.10. The first-order valence-electron chi connectivity index (χ1n) is 8.16. The van der Waals surface area contributed by atoms with Crippen LogP contribution in [-0.2, 0) is 14.3 Å². The van der Waals surface area contributed by atoms with Gasteiger partial charge >= 0.3 is 5.97 Å². The lowest BCUT2D eigenvalue weighted by atomic mass is 10.0. The van der Waals surface area contributed by atoms with Crippen molar-refractivity contribution < 1.29 is 23.5 Å².